The smallest absolute Gasteiger partial charge is 0.234 e. The first kappa shape index (κ1) is 14.0. The fraction of sp³-hybridized carbons (Fsp3) is 0.941. The van der Waals surface area contributed by atoms with E-state index in [1.807, 2.05) is 0 Å². The molecule has 21 heavy (non-hydrogen) atoms. The third-order valence-corrected chi connectivity index (χ3v) is 6.77. The molecule has 4 fully saturated rings. The van der Waals surface area contributed by atoms with Crippen molar-refractivity contribution < 1.29 is 4.79 Å². The lowest BCUT2D eigenvalue weighted by Crippen LogP contribution is -2.48. The van der Waals surface area contributed by atoms with Gasteiger partial charge in [0.15, 0.2) is 0 Å². The zero-order chi connectivity index (χ0) is 14.4. The number of nitrogens with zero attached hydrogens (tertiary/aromatic N) is 1. The van der Waals surface area contributed by atoms with Crippen LogP contribution in [0.1, 0.15) is 44.9 Å². The lowest BCUT2D eigenvalue weighted by molar-refractivity contribution is -0.123. The molecule has 1 heterocycles. The van der Waals surface area contributed by atoms with Crippen LogP contribution in [0.2, 0.25) is 0 Å². The maximum Gasteiger partial charge on any atom is 0.234 e. The topological polar surface area (TPSA) is 58.4 Å². The maximum absolute atomic E-state index is 12.3. The summed E-state index contributed by atoms with van der Waals surface area (Å²) in [7, 11) is 0. The Morgan fingerprint density at radius 2 is 1.81 bits per heavy atom. The molecule has 3 aliphatic carbocycles. The molecule has 4 aliphatic rings. The molecular weight excluding hydrogens is 262 g/mol. The van der Waals surface area contributed by atoms with E-state index < -0.39 is 0 Å². The number of likely N-dealkylation sites (tertiary alicyclic amines) is 1. The van der Waals surface area contributed by atoms with Crippen molar-refractivity contribution in [3.05, 3.63) is 0 Å². The molecule has 118 valence electrons. The highest BCUT2D eigenvalue weighted by molar-refractivity contribution is 5.78. The Balaban J connectivity index is 1.28. The number of fused-ring (bicyclic) bond motifs is 5. The summed E-state index contributed by atoms with van der Waals surface area (Å²) in [5.74, 6) is 3.90. The van der Waals surface area contributed by atoms with Crippen molar-refractivity contribution in [2.24, 2.45) is 29.4 Å². The second-order valence-corrected chi connectivity index (χ2v) is 7.94. The van der Waals surface area contributed by atoms with Crippen molar-refractivity contribution >= 4 is 5.91 Å². The van der Waals surface area contributed by atoms with Gasteiger partial charge in [0.1, 0.15) is 0 Å². The van der Waals surface area contributed by atoms with Crippen molar-refractivity contribution in [1.82, 2.24) is 10.2 Å². The van der Waals surface area contributed by atoms with Crippen LogP contribution >= 0.6 is 0 Å². The first-order valence-electron chi connectivity index (χ1n) is 8.98. The number of amides is 1. The number of hydrogen-bond donors (Lipinski definition) is 2. The van der Waals surface area contributed by atoms with Gasteiger partial charge in [-0.25, -0.2) is 0 Å². The van der Waals surface area contributed by atoms with Crippen LogP contribution in [0.5, 0.6) is 0 Å². The van der Waals surface area contributed by atoms with Crippen LogP contribution in [-0.4, -0.2) is 42.5 Å². The standard InChI is InChI=1S/C17H29N3O/c18-12-4-6-20(7-5-12)10-17(21)19-16-9-11-8-15(16)14-3-1-2-13(11)14/h11-16H,1-10,18H2,(H,19,21). The lowest BCUT2D eigenvalue weighted by atomic mass is 9.79. The molecule has 1 amide bonds. The molecule has 0 spiro atoms. The van der Waals surface area contributed by atoms with Gasteiger partial charge in [-0.1, -0.05) is 6.42 Å². The van der Waals surface area contributed by atoms with E-state index in [2.05, 4.69) is 10.2 Å². The molecule has 0 radical (unpaired) electrons. The highest BCUT2D eigenvalue weighted by Crippen LogP contribution is 2.58. The van der Waals surface area contributed by atoms with Gasteiger partial charge in [0.05, 0.1) is 6.54 Å². The van der Waals surface area contributed by atoms with Crippen LogP contribution in [0.15, 0.2) is 0 Å². The monoisotopic (exact) mass is 291 g/mol. The van der Waals surface area contributed by atoms with Gasteiger partial charge < -0.3 is 11.1 Å². The average Bonchev–Trinajstić information content (AvgIpc) is 3.13. The molecule has 3 saturated carbocycles. The molecule has 0 aromatic heterocycles. The van der Waals surface area contributed by atoms with Crippen LogP contribution in [0.25, 0.3) is 0 Å². The number of nitrogens with one attached hydrogen (secondary N) is 1. The number of hydrogen-bond acceptors (Lipinski definition) is 3. The average molecular weight is 291 g/mol. The zero-order valence-corrected chi connectivity index (χ0v) is 13.0. The SMILES string of the molecule is NC1CCN(CC(=O)NC2CC3CC2C2CCCC32)CC1. The summed E-state index contributed by atoms with van der Waals surface area (Å²) in [4.78, 5) is 14.6. The number of piperidine rings is 1. The molecule has 5 atom stereocenters. The van der Waals surface area contributed by atoms with Gasteiger partial charge in [-0.05, 0) is 62.2 Å². The molecule has 0 aromatic rings. The molecular formula is C17H29N3O. The maximum atomic E-state index is 12.3. The summed E-state index contributed by atoms with van der Waals surface area (Å²) >= 11 is 0. The number of nitrogens with two attached hydrogens (primary N) is 1. The summed E-state index contributed by atoms with van der Waals surface area (Å²) in [5, 5.41) is 3.37. The summed E-state index contributed by atoms with van der Waals surface area (Å²) in [6.07, 6.45) is 9.01. The molecule has 4 heteroatoms. The number of carbonyl (C=O) groups is 1. The fourth-order valence-corrected chi connectivity index (χ4v) is 5.80. The van der Waals surface area contributed by atoms with Crippen LogP contribution in [0.3, 0.4) is 0 Å². The Labute approximate surface area is 127 Å². The van der Waals surface area contributed by atoms with E-state index in [0.29, 0.717) is 18.6 Å². The highest BCUT2D eigenvalue weighted by Gasteiger charge is 2.53. The quantitative estimate of drug-likeness (QED) is 0.825. The molecule has 4 nitrogen and oxygen atoms in total. The Hall–Kier alpha value is -0.610. The van der Waals surface area contributed by atoms with E-state index in [-0.39, 0.29) is 5.91 Å². The van der Waals surface area contributed by atoms with Crippen molar-refractivity contribution in [2.75, 3.05) is 19.6 Å². The summed E-state index contributed by atoms with van der Waals surface area (Å²) in [6.45, 7) is 2.54. The van der Waals surface area contributed by atoms with Crippen LogP contribution < -0.4 is 11.1 Å². The van der Waals surface area contributed by atoms with Gasteiger partial charge in [-0.15, -0.1) is 0 Å². The van der Waals surface area contributed by atoms with E-state index in [1.54, 1.807) is 0 Å². The van der Waals surface area contributed by atoms with Crippen LogP contribution in [-0.2, 0) is 4.79 Å². The molecule has 0 aromatic carbocycles. The van der Waals surface area contributed by atoms with E-state index in [4.69, 9.17) is 5.73 Å². The Morgan fingerprint density at radius 1 is 1.05 bits per heavy atom. The van der Waals surface area contributed by atoms with Crippen LogP contribution in [0.4, 0.5) is 0 Å². The summed E-state index contributed by atoms with van der Waals surface area (Å²) in [6, 6.07) is 0.822. The summed E-state index contributed by atoms with van der Waals surface area (Å²) < 4.78 is 0. The molecule has 3 N–H and O–H groups in total. The minimum Gasteiger partial charge on any atom is -0.352 e. The van der Waals surface area contributed by atoms with E-state index in [1.165, 1.54) is 32.1 Å². The molecule has 1 aliphatic heterocycles. The predicted molar refractivity (Wildman–Crippen MR) is 82.6 cm³/mol. The van der Waals surface area contributed by atoms with Crippen molar-refractivity contribution in [3.8, 4) is 0 Å². The van der Waals surface area contributed by atoms with Gasteiger partial charge in [-0.3, -0.25) is 9.69 Å². The Kier molecular flexibility index (Phi) is 3.70. The molecule has 4 rings (SSSR count). The van der Waals surface area contributed by atoms with Crippen LogP contribution in [0, 0.1) is 23.7 Å². The van der Waals surface area contributed by atoms with Gasteiger partial charge >= 0.3 is 0 Å². The third-order valence-electron chi connectivity index (χ3n) is 6.77. The molecule has 5 unspecified atom stereocenters. The molecule has 2 bridgehead atoms. The summed E-state index contributed by atoms with van der Waals surface area (Å²) in [5.41, 5.74) is 5.92. The lowest BCUT2D eigenvalue weighted by Gasteiger charge is -2.33. The normalized spacial score (nSPS) is 43.2. The van der Waals surface area contributed by atoms with Gasteiger partial charge in [0, 0.05) is 25.2 Å². The van der Waals surface area contributed by atoms with Crippen molar-refractivity contribution in [2.45, 2.75) is 57.0 Å². The second kappa shape index (κ2) is 5.54. The number of rotatable bonds is 3. The van der Waals surface area contributed by atoms with E-state index in [9.17, 15) is 4.79 Å². The minimum atomic E-state index is 0.248. The van der Waals surface area contributed by atoms with Crippen molar-refractivity contribution in [1.29, 1.82) is 0 Å². The van der Waals surface area contributed by atoms with E-state index in [0.717, 1.165) is 49.6 Å². The van der Waals surface area contributed by atoms with Gasteiger partial charge in [0.25, 0.3) is 0 Å². The molecule has 1 saturated heterocycles. The van der Waals surface area contributed by atoms with Gasteiger partial charge in [0.2, 0.25) is 5.91 Å². The van der Waals surface area contributed by atoms with Crippen molar-refractivity contribution in [3.63, 3.8) is 0 Å². The Morgan fingerprint density at radius 3 is 2.62 bits per heavy atom. The van der Waals surface area contributed by atoms with E-state index >= 15 is 0 Å². The second-order valence-electron chi connectivity index (χ2n) is 7.94. The number of carbonyl (C=O) groups excluding carboxylic acids is 1. The minimum absolute atomic E-state index is 0.248. The highest BCUT2D eigenvalue weighted by atomic mass is 16.2. The predicted octanol–water partition coefficient (Wildman–Crippen LogP) is 1.35. The fourth-order valence-electron chi connectivity index (χ4n) is 5.80. The third kappa shape index (κ3) is 2.61. The first-order valence-corrected chi connectivity index (χ1v) is 8.98. The first-order chi connectivity index (χ1) is 10.2. The van der Waals surface area contributed by atoms with Gasteiger partial charge in [-0.2, -0.15) is 0 Å². The zero-order valence-electron chi connectivity index (χ0n) is 13.0. The Bertz CT molecular complexity index is 405. The largest absolute Gasteiger partial charge is 0.352 e.